The number of unbranched alkanes of at least 4 members (excludes halogenated alkanes) is 9. The molecule has 1 aliphatic rings. The number of amides is 2. The quantitative estimate of drug-likeness (QED) is 0.0582. The van der Waals surface area contributed by atoms with Gasteiger partial charge in [0.2, 0.25) is 18.2 Å². The summed E-state index contributed by atoms with van der Waals surface area (Å²) in [7, 11) is 1.39. The van der Waals surface area contributed by atoms with Crippen LogP contribution in [0.4, 0.5) is 8.78 Å². The first-order chi connectivity index (χ1) is 24.0. The molecule has 4 N–H and O–H groups in total. The van der Waals surface area contributed by atoms with Crippen LogP contribution in [0.1, 0.15) is 116 Å². The summed E-state index contributed by atoms with van der Waals surface area (Å²) in [6, 6.07) is 5.82. The maximum atomic E-state index is 13.5. The van der Waals surface area contributed by atoms with Gasteiger partial charge in [0.05, 0.1) is 25.7 Å². The van der Waals surface area contributed by atoms with E-state index < -0.39 is 54.0 Å². The lowest BCUT2D eigenvalue weighted by molar-refractivity contribution is -0.171. The van der Waals surface area contributed by atoms with E-state index in [4.69, 9.17) is 14.2 Å². The molecule has 0 saturated carbocycles. The zero-order chi connectivity index (χ0) is 36.8. The molecule has 0 spiro atoms. The molecule has 1 aromatic rings. The number of alkyl halides is 2. The summed E-state index contributed by atoms with van der Waals surface area (Å²) in [5.41, 5.74) is -2.41. The fourth-order valence-corrected chi connectivity index (χ4v) is 6.13. The largest absolute Gasteiger partial charge is 0.494 e. The van der Waals surface area contributed by atoms with Crippen molar-refractivity contribution in [2.24, 2.45) is 5.92 Å². The maximum Gasteiger partial charge on any atom is 0.337 e. The number of benzene rings is 1. The van der Waals surface area contributed by atoms with Gasteiger partial charge in [0.15, 0.2) is 11.4 Å². The Morgan fingerprint density at radius 3 is 2.08 bits per heavy atom. The zero-order valence-electron chi connectivity index (χ0n) is 30.2. The van der Waals surface area contributed by atoms with Crippen molar-refractivity contribution in [3.63, 3.8) is 0 Å². The van der Waals surface area contributed by atoms with Crippen molar-refractivity contribution in [1.82, 2.24) is 10.6 Å². The van der Waals surface area contributed by atoms with Crippen LogP contribution in [0, 0.1) is 5.92 Å². The Labute approximate surface area is 296 Å². The van der Waals surface area contributed by atoms with Crippen molar-refractivity contribution in [3.05, 3.63) is 42.0 Å². The van der Waals surface area contributed by atoms with Gasteiger partial charge in [-0.05, 0) is 49.8 Å². The minimum absolute atomic E-state index is 0.0354. The van der Waals surface area contributed by atoms with Crippen LogP contribution < -0.4 is 15.4 Å². The number of nitrogens with one attached hydrogen (secondary N) is 2. The number of hydrogen-bond donors (Lipinski definition) is 4. The second-order valence-corrected chi connectivity index (χ2v) is 13.2. The molecule has 12 heteroatoms. The molecule has 10 nitrogen and oxygen atoms in total. The molecule has 0 radical (unpaired) electrons. The molecule has 1 aliphatic heterocycles. The highest BCUT2D eigenvalue weighted by molar-refractivity contribution is 5.93. The van der Waals surface area contributed by atoms with E-state index in [0.717, 1.165) is 57.8 Å². The van der Waals surface area contributed by atoms with Crippen LogP contribution in [0.25, 0.3) is 0 Å². The molecular weight excluding hydrogens is 650 g/mol. The molecule has 1 heterocycles. The monoisotopic (exact) mass is 710 g/mol. The second kappa shape index (κ2) is 23.4. The Morgan fingerprint density at radius 1 is 0.920 bits per heavy atom. The third-order valence-electron chi connectivity index (χ3n) is 9.12. The van der Waals surface area contributed by atoms with Gasteiger partial charge >= 0.3 is 5.97 Å². The van der Waals surface area contributed by atoms with Crippen LogP contribution >= 0.6 is 0 Å². The molecule has 0 unspecified atom stereocenters. The number of carbonyl (C=O) groups excluding carboxylic acids is 2. The number of carboxylic acid groups (broad SMARTS) is 1. The lowest BCUT2D eigenvalue weighted by Crippen LogP contribution is -2.56. The van der Waals surface area contributed by atoms with Crippen molar-refractivity contribution in [1.29, 1.82) is 0 Å². The van der Waals surface area contributed by atoms with Gasteiger partial charge in [-0.1, -0.05) is 83.1 Å². The summed E-state index contributed by atoms with van der Waals surface area (Å²) in [6.45, 7) is 6.03. The van der Waals surface area contributed by atoms with Gasteiger partial charge in [-0.2, -0.15) is 0 Å². The van der Waals surface area contributed by atoms with Crippen molar-refractivity contribution >= 4 is 17.8 Å². The topological polar surface area (TPSA) is 143 Å². The smallest absolute Gasteiger partial charge is 0.337 e. The van der Waals surface area contributed by atoms with Crippen LogP contribution in [0.2, 0.25) is 0 Å². The van der Waals surface area contributed by atoms with Crippen molar-refractivity contribution in [3.8, 4) is 5.75 Å². The number of halogens is 2. The van der Waals surface area contributed by atoms with E-state index in [1.807, 2.05) is 0 Å². The predicted molar refractivity (Wildman–Crippen MR) is 188 cm³/mol. The molecule has 3 atom stereocenters. The Kier molecular flexibility index (Phi) is 20.2. The van der Waals surface area contributed by atoms with Gasteiger partial charge in [0, 0.05) is 32.7 Å². The summed E-state index contributed by atoms with van der Waals surface area (Å²) >= 11 is 0. The summed E-state index contributed by atoms with van der Waals surface area (Å²) in [6.07, 6.45) is 11.4. The lowest BCUT2D eigenvalue weighted by Gasteiger charge is -2.31. The predicted octanol–water partition coefficient (Wildman–Crippen LogP) is 6.73. The van der Waals surface area contributed by atoms with E-state index in [1.54, 1.807) is 24.3 Å². The van der Waals surface area contributed by atoms with E-state index in [0.29, 0.717) is 44.0 Å². The van der Waals surface area contributed by atoms with E-state index in [9.17, 15) is 33.4 Å². The summed E-state index contributed by atoms with van der Waals surface area (Å²) in [5, 5.41) is 25.8. The highest BCUT2D eigenvalue weighted by Gasteiger charge is 2.49. The maximum absolute atomic E-state index is 13.5. The summed E-state index contributed by atoms with van der Waals surface area (Å²) in [5.74, 6) is -5.28. The SMILES string of the molecule is CCCCCCCC1(CCCCCC/C=C/[C@H](C(=O)N[C@@H](Cc2ccc(OCCCC)cc2)C(=O)NC)[C@@](O)(CC(F)F)C(=O)O)OCCO1. The van der Waals surface area contributed by atoms with E-state index in [-0.39, 0.29) is 6.42 Å². The summed E-state index contributed by atoms with van der Waals surface area (Å²) in [4.78, 5) is 38.4. The number of ether oxygens (including phenoxy) is 3. The molecule has 284 valence electrons. The highest BCUT2D eigenvalue weighted by atomic mass is 19.3. The fourth-order valence-electron chi connectivity index (χ4n) is 6.13. The normalized spacial score (nSPS) is 16.6. The van der Waals surface area contributed by atoms with Crippen LogP contribution in [0.5, 0.6) is 5.75 Å². The third-order valence-corrected chi connectivity index (χ3v) is 9.12. The van der Waals surface area contributed by atoms with Gasteiger partial charge in [0.1, 0.15) is 11.8 Å². The van der Waals surface area contributed by atoms with Crippen molar-refractivity contribution in [2.75, 3.05) is 26.9 Å². The molecule has 50 heavy (non-hydrogen) atoms. The first-order valence-electron chi connectivity index (χ1n) is 18.4. The van der Waals surface area contributed by atoms with Crippen LogP contribution in [0.15, 0.2) is 36.4 Å². The van der Waals surface area contributed by atoms with E-state index in [2.05, 4.69) is 24.5 Å². The van der Waals surface area contributed by atoms with Crippen LogP contribution in [-0.2, 0) is 30.3 Å². The third kappa shape index (κ3) is 15.0. The summed E-state index contributed by atoms with van der Waals surface area (Å²) < 4.78 is 44.7. The zero-order valence-corrected chi connectivity index (χ0v) is 30.2. The molecule has 2 amide bonds. The molecule has 1 fully saturated rings. The molecule has 0 aromatic heterocycles. The molecular formula is C38H60F2N2O8. The highest BCUT2D eigenvalue weighted by Crippen LogP contribution is 2.32. The Balaban J connectivity index is 2.03. The second-order valence-electron chi connectivity index (χ2n) is 13.2. The standard InChI is InChI=1S/C38H60F2N2O8/c1-4-6-8-12-15-22-37(49-25-26-50-37)23-16-13-10-9-11-14-17-31(38(47,36(45)46)28-33(39)40)34(43)42-32(35(44)41-3)27-29-18-20-30(21-19-29)48-24-7-5-2/h14,17-21,31-33,47H,4-13,15-16,22-28H2,1-3H3,(H,41,44)(H,42,43)(H,45,46)/b17-14+/t31-,32+,38+/m1/s1. The average Bonchev–Trinajstić information content (AvgIpc) is 3.55. The number of hydrogen-bond acceptors (Lipinski definition) is 7. The average molecular weight is 711 g/mol. The van der Waals surface area contributed by atoms with Crippen molar-refractivity contribution in [2.45, 2.75) is 140 Å². The number of carboxylic acids is 1. The van der Waals surface area contributed by atoms with E-state index in [1.165, 1.54) is 38.5 Å². The number of likely N-dealkylation sites (N-methyl/N-ethyl adjacent to an activating group) is 1. The molecule has 2 rings (SSSR count). The Bertz CT molecular complexity index is 1160. The van der Waals surface area contributed by atoms with Gasteiger partial charge in [-0.25, -0.2) is 13.6 Å². The van der Waals surface area contributed by atoms with Gasteiger partial charge in [-0.15, -0.1) is 0 Å². The van der Waals surface area contributed by atoms with Crippen LogP contribution in [-0.4, -0.2) is 78.7 Å². The lowest BCUT2D eigenvalue weighted by atomic mass is 9.82. The Hall–Kier alpha value is -3.09. The first-order valence-corrected chi connectivity index (χ1v) is 18.4. The van der Waals surface area contributed by atoms with Gasteiger partial charge in [-0.3, -0.25) is 9.59 Å². The van der Waals surface area contributed by atoms with Crippen molar-refractivity contribution < 1.29 is 47.6 Å². The first kappa shape index (κ1) is 43.1. The number of aliphatic hydroxyl groups is 1. The number of allylic oxidation sites excluding steroid dienone is 1. The van der Waals surface area contributed by atoms with E-state index >= 15 is 0 Å². The molecule has 0 bridgehead atoms. The van der Waals surface area contributed by atoms with Gasteiger partial charge < -0.3 is 35.1 Å². The molecule has 1 aromatic carbocycles. The molecule has 0 aliphatic carbocycles. The minimum atomic E-state index is -3.19. The molecule has 1 saturated heterocycles. The van der Waals surface area contributed by atoms with Crippen LogP contribution in [0.3, 0.4) is 0 Å². The Morgan fingerprint density at radius 2 is 1.52 bits per heavy atom. The fraction of sp³-hybridized carbons (Fsp3) is 0.711. The number of rotatable bonds is 27. The minimum Gasteiger partial charge on any atom is -0.494 e. The number of carbonyl (C=O) groups is 3. The van der Waals surface area contributed by atoms with Gasteiger partial charge in [0.25, 0.3) is 0 Å². The number of aliphatic carboxylic acids is 1.